The summed E-state index contributed by atoms with van der Waals surface area (Å²) in [5, 5.41) is 8.70. The fraction of sp³-hybridized carbons (Fsp3) is 0.905. The largest absolute Gasteiger partial charge is 0.481 e. The van der Waals surface area contributed by atoms with Gasteiger partial charge >= 0.3 is 11.9 Å². The molecule has 4 heteroatoms. The van der Waals surface area contributed by atoms with Gasteiger partial charge in [-0.05, 0) is 64.2 Å². The van der Waals surface area contributed by atoms with Gasteiger partial charge in [0.2, 0.25) is 0 Å². The molecular weight excluding hydrogens is 568 g/mol. The van der Waals surface area contributed by atoms with E-state index in [0.717, 1.165) is 51.4 Å². The van der Waals surface area contributed by atoms with Crippen LogP contribution in [0.25, 0.3) is 0 Å². The number of rotatable bonds is 38. The van der Waals surface area contributed by atoms with E-state index in [2.05, 4.69) is 26.0 Å². The van der Waals surface area contributed by atoms with E-state index in [9.17, 15) is 9.59 Å². The van der Waals surface area contributed by atoms with E-state index >= 15 is 0 Å². The Labute approximate surface area is 287 Å². The molecule has 1 atom stereocenters. The van der Waals surface area contributed by atoms with Crippen molar-refractivity contribution in [2.75, 3.05) is 0 Å². The first-order valence-corrected chi connectivity index (χ1v) is 20.7. The van der Waals surface area contributed by atoms with Gasteiger partial charge in [-0.1, -0.05) is 174 Å². The quantitative estimate of drug-likeness (QED) is 0.0411. The second-order valence-corrected chi connectivity index (χ2v) is 14.2. The van der Waals surface area contributed by atoms with Crippen LogP contribution in [0.2, 0.25) is 0 Å². The van der Waals surface area contributed by atoms with Gasteiger partial charge in [-0.15, -0.1) is 0 Å². The van der Waals surface area contributed by atoms with Crippen molar-refractivity contribution in [2.45, 2.75) is 245 Å². The molecule has 0 rings (SSSR count). The Morgan fingerprint density at radius 3 is 1.20 bits per heavy atom. The summed E-state index contributed by atoms with van der Waals surface area (Å²) in [6.45, 7) is 4.53. The monoisotopic (exact) mass is 649 g/mol. The number of carboxylic acids is 1. The lowest BCUT2D eigenvalue weighted by atomic mass is 10.0. The van der Waals surface area contributed by atoms with Crippen LogP contribution in [0.4, 0.5) is 0 Å². The van der Waals surface area contributed by atoms with E-state index in [1.165, 1.54) is 161 Å². The predicted octanol–water partition coefficient (Wildman–Crippen LogP) is 14.2. The fourth-order valence-corrected chi connectivity index (χ4v) is 6.42. The van der Waals surface area contributed by atoms with E-state index in [-0.39, 0.29) is 12.1 Å². The third-order valence-corrected chi connectivity index (χ3v) is 9.49. The van der Waals surface area contributed by atoms with Crippen molar-refractivity contribution >= 4 is 11.9 Å². The number of allylic oxidation sites excluding steroid dienone is 2. The number of hydrogen-bond donors (Lipinski definition) is 1. The number of carboxylic acid groups (broad SMARTS) is 1. The summed E-state index contributed by atoms with van der Waals surface area (Å²) in [7, 11) is 0. The maximum atomic E-state index is 12.6. The molecule has 0 heterocycles. The Hall–Kier alpha value is -1.32. The van der Waals surface area contributed by atoms with Crippen LogP contribution in [0.1, 0.15) is 239 Å². The minimum absolute atomic E-state index is 0.0323. The molecule has 0 radical (unpaired) electrons. The van der Waals surface area contributed by atoms with E-state index in [1.807, 2.05) is 0 Å². The lowest BCUT2D eigenvalue weighted by molar-refractivity contribution is -0.150. The van der Waals surface area contributed by atoms with Crippen LogP contribution < -0.4 is 0 Å². The maximum absolute atomic E-state index is 12.6. The molecule has 272 valence electrons. The lowest BCUT2D eigenvalue weighted by Gasteiger charge is -2.18. The molecule has 0 amide bonds. The van der Waals surface area contributed by atoms with Gasteiger partial charge in [0.1, 0.15) is 6.10 Å². The van der Waals surface area contributed by atoms with Gasteiger partial charge in [0.15, 0.2) is 0 Å². The number of carbonyl (C=O) groups excluding carboxylic acids is 1. The van der Waals surface area contributed by atoms with Crippen molar-refractivity contribution in [2.24, 2.45) is 0 Å². The molecule has 1 N–H and O–H groups in total. The maximum Gasteiger partial charge on any atom is 0.306 e. The van der Waals surface area contributed by atoms with Crippen molar-refractivity contribution in [3.63, 3.8) is 0 Å². The third kappa shape index (κ3) is 37.1. The van der Waals surface area contributed by atoms with Crippen LogP contribution in [0, 0.1) is 0 Å². The molecule has 0 saturated carbocycles. The van der Waals surface area contributed by atoms with Gasteiger partial charge in [-0.2, -0.15) is 0 Å². The molecule has 0 aliphatic heterocycles. The van der Waals surface area contributed by atoms with Crippen LogP contribution in [-0.2, 0) is 14.3 Å². The average molecular weight is 649 g/mol. The topological polar surface area (TPSA) is 63.6 Å². The first kappa shape index (κ1) is 44.7. The number of unbranched alkanes of at least 4 members (excludes halogenated alkanes) is 27. The molecule has 46 heavy (non-hydrogen) atoms. The highest BCUT2D eigenvalue weighted by molar-refractivity contribution is 5.69. The zero-order valence-corrected chi connectivity index (χ0v) is 31.2. The molecular formula is C42H80O4. The van der Waals surface area contributed by atoms with E-state index in [4.69, 9.17) is 9.84 Å². The first-order valence-electron chi connectivity index (χ1n) is 20.7. The second-order valence-electron chi connectivity index (χ2n) is 14.2. The Kier molecular flexibility index (Phi) is 37.0. The molecule has 0 aromatic carbocycles. The number of aliphatic carboxylic acids is 1. The summed E-state index contributed by atoms with van der Waals surface area (Å²) >= 11 is 0. The zero-order chi connectivity index (χ0) is 33.6. The van der Waals surface area contributed by atoms with Gasteiger partial charge in [0.25, 0.3) is 0 Å². The first-order chi connectivity index (χ1) is 22.6. The molecule has 0 fully saturated rings. The molecule has 0 saturated heterocycles. The molecule has 0 bridgehead atoms. The van der Waals surface area contributed by atoms with E-state index < -0.39 is 5.97 Å². The highest BCUT2D eigenvalue weighted by atomic mass is 16.5. The van der Waals surface area contributed by atoms with Gasteiger partial charge in [-0.3, -0.25) is 9.59 Å². The van der Waals surface area contributed by atoms with Crippen molar-refractivity contribution in [3.8, 4) is 0 Å². The van der Waals surface area contributed by atoms with Crippen LogP contribution >= 0.6 is 0 Å². The fourth-order valence-electron chi connectivity index (χ4n) is 6.42. The summed E-state index contributed by atoms with van der Waals surface area (Å²) in [5.41, 5.74) is 0. The minimum Gasteiger partial charge on any atom is -0.481 e. The predicted molar refractivity (Wildman–Crippen MR) is 200 cm³/mol. The summed E-state index contributed by atoms with van der Waals surface area (Å²) in [6.07, 6.45) is 46.9. The van der Waals surface area contributed by atoms with Crippen LogP contribution in [-0.4, -0.2) is 23.1 Å². The number of esters is 1. The molecule has 0 aromatic heterocycles. The van der Waals surface area contributed by atoms with E-state index in [1.54, 1.807) is 0 Å². The average Bonchev–Trinajstić information content (AvgIpc) is 3.04. The van der Waals surface area contributed by atoms with Crippen LogP contribution in [0.3, 0.4) is 0 Å². The number of carbonyl (C=O) groups is 2. The molecule has 0 spiro atoms. The number of hydrogen-bond acceptors (Lipinski definition) is 3. The lowest BCUT2D eigenvalue weighted by Crippen LogP contribution is -2.18. The van der Waals surface area contributed by atoms with Crippen molar-refractivity contribution < 1.29 is 19.4 Å². The van der Waals surface area contributed by atoms with Gasteiger partial charge < -0.3 is 9.84 Å². The smallest absolute Gasteiger partial charge is 0.306 e. The zero-order valence-electron chi connectivity index (χ0n) is 31.2. The standard InChI is InChI=1S/C42H80O4/c1-3-5-7-9-10-11-12-13-14-15-16-17-18-19-20-25-28-31-35-39-42(45)46-40(36-32-8-6-4-2)37-33-29-26-23-21-22-24-27-30-34-38-41(43)44/h13-14,40H,3-12,15-39H2,1-2H3,(H,43,44)/b14-13-. The van der Waals surface area contributed by atoms with Gasteiger partial charge in [-0.25, -0.2) is 0 Å². The van der Waals surface area contributed by atoms with E-state index in [0.29, 0.717) is 12.8 Å². The van der Waals surface area contributed by atoms with Crippen molar-refractivity contribution in [3.05, 3.63) is 12.2 Å². The molecule has 0 aliphatic rings. The highest BCUT2D eigenvalue weighted by Gasteiger charge is 2.14. The third-order valence-electron chi connectivity index (χ3n) is 9.49. The summed E-state index contributed by atoms with van der Waals surface area (Å²) in [6, 6.07) is 0. The Balaban J connectivity index is 3.74. The van der Waals surface area contributed by atoms with Crippen LogP contribution in [0.5, 0.6) is 0 Å². The molecule has 0 aromatic rings. The van der Waals surface area contributed by atoms with Gasteiger partial charge in [0.05, 0.1) is 0 Å². The van der Waals surface area contributed by atoms with Crippen molar-refractivity contribution in [1.82, 2.24) is 0 Å². The molecule has 0 aliphatic carbocycles. The number of ether oxygens (including phenoxy) is 1. The normalized spacial score (nSPS) is 12.2. The Morgan fingerprint density at radius 1 is 0.457 bits per heavy atom. The SMILES string of the molecule is CCCCCCCC/C=C\CCCCCCCCCCCC(=O)OC(CCCCCC)CCCCCCCCCCCCC(=O)O. The highest BCUT2D eigenvalue weighted by Crippen LogP contribution is 2.19. The molecule has 1 unspecified atom stereocenters. The minimum atomic E-state index is -0.674. The Bertz CT molecular complexity index is 658. The van der Waals surface area contributed by atoms with Crippen molar-refractivity contribution in [1.29, 1.82) is 0 Å². The summed E-state index contributed by atoms with van der Waals surface area (Å²) in [5.74, 6) is -0.641. The summed E-state index contributed by atoms with van der Waals surface area (Å²) < 4.78 is 5.99. The second kappa shape index (κ2) is 38.1. The summed E-state index contributed by atoms with van der Waals surface area (Å²) in [4.78, 5) is 23.2. The van der Waals surface area contributed by atoms with Crippen LogP contribution in [0.15, 0.2) is 12.2 Å². The Morgan fingerprint density at radius 2 is 0.783 bits per heavy atom. The molecule has 4 nitrogen and oxygen atoms in total. The van der Waals surface area contributed by atoms with Gasteiger partial charge in [0, 0.05) is 12.8 Å².